The second kappa shape index (κ2) is 7.79. The number of nitrogens with two attached hydrogens (primary N) is 1. The van der Waals surface area contributed by atoms with Crippen LogP contribution in [0.4, 0.5) is 5.69 Å². The van der Waals surface area contributed by atoms with E-state index >= 15 is 0 Å². The number of anilines is 1. The molecule has 19 heavy (non-hydrogen) atoms. The maximum atomic E-state index is 11.9. The van der Waals surface area contributed by atoms with Crippen molar-refractivity contribution >= 4 is 11.6 Å². The molecule has 4 heteroatoms. The number of nitrogens with one attached hydrogen (secondary N) is 1. The SMILES string of the molecule is CCOC(CCNC(=O)c1ccccc1N)C(C)C. The average Bonchev–Trinajstić information content (AvgIpc) is 2.37. The minimum Gasteiger partial charge on any atom is -0.398 e. The fraction of sp³-hybridized carbons (Fsp3) is 0.533. The van der Waals surface area contributed by atoms with Crippen LogP contribution in [-0.2, 0) is 4.74 Å². The Labute approximate surface area is 115 Å². The van der Waals surface area contributed by atoms with Gasteiger partial charge in [-0.3, -0.25) is 4.79 Å². The van der Waals surface area contributed by atoms with E-state index in [-0.39, 0.29) is 12.0 Å². The molecule has 1 rings (SSSR count). The van der Waals surface area contributed by atoms with E-state index in [0.29, 0.717) is 30.3 Å². The molecule has 106 valence electrons. The van der Waals surface area contributed by atoms with Gasteiger partial charge in [0.15, 0.2) is 0 Å². The summed E-state index contributed by atoms with van der Waals surface area (Å²) in [6.07, 6.45) is 0.989. The molecule has 4 nitrogen and oxygen atoms in total. The smallest absolute Gasteiger partial charge is 0.253 e. The van der Waals surface area contributed by atoms with E-state index in [9.17, 15) is 4.79 Å². The lowest BCUT2D eigenvalue weighted by atomic mass is 10.0. The van der Waals surface area contributed by atoms with Crippen LogP contribution in [0.25, 0.3) is 0 Å². The number of carbonyl (C=O) groups excluding carboxylic acids is 1. The molecule has 0 saturated heterocycles. The van der Waals surface area contributed by atoms with Gasteiger partial charge in [-0.1, -0.05) is 26.0 Å². The van der Waals surface area contributed by atoms with E-state index in [0.717, 1.165) is 6.42 Å². The highest BCUT2D eigenvalue weighted by atomic mass is 16.5. The Bertz CT molecular complexity index is 405. The molecule has 0 radical (unpaired) electrons. The predicted octanol–water partition coefficient (Wildman–Crippen LogP) is 2.45. The van der Waals surface area contributed by atoms with Crippen molar-refractivity contribution in [1.82, 2.24) is 5.32 Å². The van der Waals surface area contributed by atoms with E-state index in [2.05, 4.69) is 19.2 Å². The summed E-state index contributed by atoms with van der Waals surface area (Å²) in [6.45, 7) is 7.52. The first kappa shape index (κ1) is 15.5. The van der Waals surface area contributed by atoms with Gasteiger partial charge in [0.2, 0.25) is 0 Å². The highest BCUT2D eigenvalue weighted by molar-refractivity contribution is 5.98. The summed E-state index contributed by atoms with van der Waals surface area (Å²) in [7, 11) is 0. The molecule has 1 aromatic carbocycles. The van der Waals surface area contributed by atoms with Crippen LogP contribution >= 0.6 is 0 Å². The molecule has 0 heterocycles. The van der Waals surface area contributed by atoms with Crippen molar-refractivity contribution < 1.29 is 9.53 Å². The summed E-state index contributed by atoms with van der Waals surface area (Å²) in [6, 6.07) is 7.08. The third kappa shape index (κ3) is 4.91. The molecule has 0 spiro atoms. The molecule has 0 saturated carbocycles. The summed E-state index contributed by atoms with van der Waals surface area (Å²) < 4.78 is 5.64. The van der Waals surface area contributed by atoms with Crippen molar-refractivity contribution in [2.75, 3.05) is 18.9 Å². The highest BCUT2D eigenvalue weighted by Gasteiger charge is 2.14. The number of benzene rings is 1. The zero-order chi connectivity index (χ0) is 14.3. The van der Waals surface area contributed by atoms with Crippen LogP contribution in [0.2, 0.25) is 0 Å². The minimum absolute atomic E-state index is 0.128. The maximum Gasteiger partial charge on any atom is 0.253 e. The molecule has 0 aliphatic carbocycles. The summed E-state index contributed by atoms with van der Waals surface area (Å²) in [5.41, 5.74) is 6.80. The standard InChI is InChI=1S/C15H24N2O2/c1-4-19-14(11(2)3)9-10-17-15(18)12-7-5-6-8-13(12)16/h5-8,11,14H,4,9-10,16H2,1-3H3,(H,17,18). The number of ether oxygens (including phenoxy) is 1. The molecule has 0 aliphatic heterocycles. The van der Waals surface area contributed by atoms with Crippen molar-refractivity contribution in [2.45, 2.75) is 33.3 Å². The number of carbonyl (C=O) groups is 1. The quantitative estimate of drug-likeness (QED) is 0.743. The van der Waals surface area contributed by atoms with Crippen LogP contribution in [0.5, 0.6) is 0 Å². The first-order valence-corrected chi connectivity index (χ1v) is 6.80. The lowest BCUT2D eigenvalue weighted by molar-refractivity contribution is 0.0251. The number of hydrogen-bond acceptors (Lipinski definition) is 3. The molecule has 0 aromatic heterocycles. The normalized spacial score (nSPS) is 12.4. The highest BCUT2D eigenvalue weighted by Crippen LogP contribution is 2.12. The maximum absolute atomic E-state index is 11.9. The van der Waals surface area contributed by atoms with Crippen LogP contribution in [0.15, 0.2) is 24.3 Å². The zero-order valence-corrected chi connectivity index (χ0v) is 12.0. The first-order chi connectivity index (χ1) is 9.06. The summed E-state index contributed by atoms with van der Waals surface area (Å²) in [5, 5.41) is 2.88. The Balaban J connectivity index is 2.44. The van der Waals surface area contributed by atoms with Gasteiger partial charge >= 0.3 is 0 Å². The largest absolute Gasteiger partial charge is 0.398 e. The van der Waals surface area contributed by atoms with Crippen molar-refractivity contribution in [2.24, 2.45) is 5.92 Å². The number of amides is 1. The second-order valence-electron chi connectivity index (χ2n) is 4.87. The van der Waals surface area contributed by atoms with Gasteiger partial charge in [0.1, 0.15) is 0 Å². The average molecular weight is 264 g/mol. The molecule has 0 fully saturated rings. The van der Waals surface area contributed by atoms with Crippen LogP contribution in [0.3, 0.4) is 0 Å². The van der Waals surface area contributed by atoms with Crippen LogP contribution in [-0.4, -0.2) is 25.2 Å². The third-order valence-corrected chi connectivity index (χ3v) is 3.04. The Morgan fingerprint density at radius 3 is 2.63 bits per heavy atom. The fourth-order valence-electron chi connectivity index (χ4n) is 1.95. The molecular weight excluding hydrogens is 240 g/mol. The number of hydrogen-bond donors (Lipinski definition) is 2. The third-order valence-electron chi connectivity index (χ3n) is 3.04. The lowest BCUT2D eigenvalue weighted by Crippen LogP contribution is -2.30. The first-order valence-electron chi connectivity index (χ1n) is 6.80. The van der Waals surface area contributed by atoms with Gasteiger partial charge in [-0.25, -0.2) is 0 Å². The van der Waals surface area contributed by atoms with Gasteiger partial charge in [-0.05, 0) is 31.4 Å². The van der Waals surface area contributed by atoms with Gasteiger partial charge in [0.25, 0.3) is 5.91 Å². The Hall–Kier alpha value is -1.55. The van der Waals surface area contributed by atoms with E-state index in [1.54, 1.807) is 12.1 Å². The van der Waals surface area contributed by atoms with Crippen LogP contribution in [0.1, 0.15) is 37.6 Å². The molecule has 1 atom stereocenters. The molecule has 1 aromatic rings. The van der Waals surface area contributed by atoms with E-state index in [4.69, 9.17) is 10.5 Å². The molecule has 0 bridgehead atoms. The molecule has 3 N–H and O–H groups in total. The lowest BCUT2D eigenvalue weighted by Gasteiger charge is -2.20. The topological polar surface area (TPSA) is 64.3 Å². The monoisotopic (exact) mass is 264 g/mol. The Morgan fingerprint density at radius 1 is 1.37 bits per heavy atom. The van der Waals surface area contributed by atoms with Crippen molar-refractivity contribution in [1.29, 1.82) is 0 Å². The van der Waals surface area contributed by atoms with Gasteiger partial charge in [0.05, 0.1) is 11.7 Å². The molecule has 1 amide bonds. The van der Waals surface area contributed by atoms with Gasteiger partial charge in [0, 0.05) is 18.8 Å². The van der Waals surface area contributed by atoms with E-state index in [1.165, 1.54) is 0 Å². The summed E-state index contributed by atoms with van der Waals surface area (Å²) >= 11 is 0. The fourth-order valence-corrected chi connectivity index (χ4v) is 1.95. The molecular formula is C15H24N2O2. The van der Waals surface area contributed by atoms with E-state index in [1.807, 2.05) is 19.1 Å². The Morgan fingerprint density at radius 2 is 2.05 bits per heavy atom. The van der Waals surface area contributed by atoms with Crippen LogP contribution < -0.4 is 11.1 Å². The van der Waals surface area contributed by atoms with Crippen molar-refractivity contribution in [3.8, 4) is 0 Å². The summed E-state index contributed by atoms with van der Waals surface area (Å²) in [4.78, 5) is 11.9. The number of para-hydroxylation sites is 1. The second-order valence-corrected chi connectivity index (χ2v) is 4.87. The molecule has 0 aliphatic rings. The predicted molar refractivity (Wildman–Crippen MR) is 78.1 cm³/mol. The van der Waals surface area contributed by atoms with Gasteiger partial charge < -0.3 is 15.8 Å². The van der Waals surface area contributed by atoms with E-state index < -0.39 is 0 Å². The Kier molecular flexibility index (Phi) is 6.36. The van der Waals surface area contributed by atoms with Crippen LogP contribution in [0, 0.1) is 5.92 Å². The van der Waals surface area contributed by atoms with Crippen molar-refractivity contribution in [3.05, 3.63) is 29.8 Å². The summed E-state index contributed by atoms with van der Waals surface area (Å²) in [5.74, 6) is 0.316. The minimum atomic E-state index is -0.128. The van der Waals surface area contributed by atoms with Gasteiger partial charge in [-0.15, -0.1) is 0 Å². The zero-order valence-electron chi connectivity index (χ0n) is 12.0. The van der Waals surface area contributed by atoms with Crippen molar-refractivity contribution in [3.63, 3.8) is 0 Å². The number of rotatable bonds is 7. The van der Waals surface area contributed by atoms with Gasteiger partial charge in [-0.2, -0.15) is 0 Å². The number of nitrogen functional groups attached to an aromatic ring is 1. The molecule has 1 unspecified atom stereocenters.